The maximum Gasteiger partial charge on any atom is 0.0474 e. The van der Waals surface area contributed by atoms with E-state index in [9.17, 15) is 0 Å². The van der Waals surface area contributed by atoms with Gasteiger partial charge in [0.15, 0.2) is 0 Å². The Morgan fingerprint density at radius 3 is 2.53 bits per heavy atom. The molecule has 1 aromatic rings. The molecule has 0 saturated heterocycles. The summed E-state index contributed by atoms with van der Waals surface area (Å²) in [5, 5.41) is 0.756. The lowest BCUT2D eigenvalue weighted by Crippen LogP contribution is -2.31. The Hall–Kier alpha value is -0.610. The maximum absolute atomic E-state index is 5.88. The van der Waals surface area contributed by atoms with Crippen molar-refractivity contribution in [3.63, 3.8) is 0 Å². The molecular formula is C13H21ClN2O. The Bertz CT molecular complexity index is 316. The van der Waals surface area contributed by atoms with Crippen LogP contribution in [-0.4, -0.2) is 38.8 Å². The molecule has 0 aromatic heterocycles. The minimum absolute atomic E-state index is 0.240. The van der Waals surface area contributed by atoms with Crippen molar-refractivity contribution in [1.29, 1.82) is 0 Å². The Labute approximate surface area is 109 Å². The molecule has 0 amide bonds. The molecule has 3 nitrogen and oxygen atoms in total. The molecule has 1 unspecified atom stereocenters. The molecule has 0 bridgehead atoms. The molecule has 0 saturated carbocycles. The first-order chi connectivity index (χ1) is 8.19. The Morgan fingerprint density at radius 1 is 1.35 bits per heavy atom. The van der Waals surface area contributed by atoms with E-state index >= 15 is 0 Å². The van der Waals surface area contributed by atoms with E-state index in [2.05, 4.69) is 11.9 Å². The van der Waals surface area contributed by atoms with E-state index < -0.39 is 0 Å². The lowest BCUT2D eigenvalue weighted by atomic mass is 10.1. The first-order valence-electron chi connectivity index (χ1n) is 5.83. The first kappa shape index (κ1) is 14.5. The highest BCUT2D eigenvalue weighted by molar-refractivity contribution is 6.30. The smallest absolute Gasteiger partial charge is 0.0474 e. The highest BCUT2D eigenvalue weighted by Gasteiger charge is 2.14. The molecule has 96 valence electrons. The minimum Gasteiger partial charge on any atom is -0.385 e. The summed E-state index contributed by atoms with van der Waals surface area (Å²) in [7, 11) is 3.81. The van der Waals surface area contributed by atoms with Gasteiger partial charge < -0.3 is 10.5 Å². The molecule has 1 atom stereocenters. The molecule has 0 aliphatic rings. The van der Waals surface area contributed by atoms with Gasteiger partial charge in [0.25, 0.3) is 0 Å². The predicted molar refractivity (Wildman–Crippen MR) is 72.4 cm³/mol. The number of nitrogens with two attached hydrogens (primary N) is 1. The van der Waals surface area contributed by atoms with Crippen LogP contribution in [0.5, 0.6) is 0 Å². The number of hydrogen-bond donors (Lipinski definition) is 1. The lowest BCUT2D eigenvalue weighted by Gasteiger charge is -2.27. The number of hydrogen-bond acceptors (Lipinski definition) is 3. The van der Waals surface area contributed by atoms with E-state index in [4.69, 9.17) is 22.1 Å². The van der Waals surface area contributed by atoms with Crippen molar-refractivity contribution in [2.45, 2.75) is 12.5 Å². The first-order valence-corrected chi connectivity index (χ1v) is 6.21. The minimum atomic E-state index is 0.240. The number of likely N-dealkylation sites (N-methyl/N-ethyl adjacent to an activating group) is 1. The standard InChI is InChI=1S/C13H21ClN2O/c1-16(8-3-9-17-2)13(10-15)11-4-6-12(14)7-5-11/h4-7,13H,3,8-10,15H2,1-2H3. The van der Waals surface area contributed by atoms with Crippen molar-refractivity contribution in [3.05, 3.63) is 34.9 Å². The fourth-order valence-electron chi connectivity index (χ4n) is 1.87. The fourth-order valence-corrected chi connectivity index (χ4v) is 2.00. The largest absolute Gasteiger partial charge is 0.385 e. The SMILES string of the molecule is COCCCN(C)C(CN)c1ccc(Cl)cc1. The molecule has 0 radical (unpaired) electrons. The molecule has 1 rings (SSSR count). The Kier molecular flexibility index (Phi) is 6.52. The van der Waals surface area contributed by atoms with Crippen LogP contribution in [-0.2, 0) is 4.74 Å². The third kappa shape index (κ3) is 4.64. The van der Waals surface area contributed by atoms with E-state index in [1.807, 2.05) is 24.3 Å². The normalized spacial score (nSPS) is 13.0. The molecule has 0 aliphatic carbocycles. The van der Waals surface area contributed by atoms with Crippen LogP contribution in [0.15, 0.2) is 24.3 Å². The lowest BCUT2D eigenvalue weighted by molar-refractivity contribution is 0.166. The van der Waals surface area contributed by atoms with Gasteiger partial charge in [-0.05, 0) is 31.2 Å². The number of ether oxygens (including phenoxy) is 1. The Morgan fingerprint density at radius 2 is 2.00 bits per heavy atom. The number of benzene rings is 1. The average molecular weight is 257 g/mol. The van der Waals surface area contributed by atoms with Crippen molar-refractivity contribution in [2.24, 2.45) is 5.73 Å². The number of nitrogens with zero attached hydrogens (tertiary/aromatic N) is 1. The monoisotopic (exact) mass is 256 g/mol. The van der Waals surface area contributed by atoms with Gasteiger partial charge in [-0.25, -0.2) is 0 Å². The second kappa shape index (κ2) is 7.67. The van der Waals surface area contributed by atoms with Gasteiger partial charge >= 0.3 is 0 Å². The summed E-state index contributed by atoms with van der Waals surface area (Å²) in [6.07, 6.45) is 1.01. The summed E-state index contributed by atoms with van der Waals surface area (Å²) in [6, 6.07) is 8.12. The van der Waals surface area contributed by atoms with Crippen LogP contribution in [0.25, 0.3) is 0 Å². The second-order valence-electron chi connectivity index (χ2n) is 4.13. The average Bonchev–Trinajstić information content (AvgIpc) is 2.33. The van der Waals surface area contributed by atoms with Crippen molar-refractivity contribution < 1.29 is 4.74 Å². The van der Waals surface area contributed by atoms with E-state index in [1.54, 1.807) is 7.11 Å². The molecular weight excluding hydrogens is 236 g/mol. The molecule has 4 heteroatoms. The van der Waals surface area contributed by atoms with Gasteiger partial charge in [-0.3, -0.25) is 4.90 Å². The molecule has 0 fully saturated rings. The second-order valence-corrected chi connectivity index (χ2v) is 4.57. The highest BCUT2D eigenvalue weighted by Crippen LogP contribution is 2.20. The van der Waals surface area contributed by atoms with Gasteiger partial charge in [-0.15, -0.1) is 0 Å². The molecule has 0 spiro atoms. The molecule has 17 heavy (non-hydrogen) atoms. The van der Waals surface area contributed by atoms with Gasteiger partial charge in [0.1, 0.15) is 0 Å². The predicted octanol–water partition coefficient (Wildman–Crippen LogP) is 2.31. The fraction of sp³-hybridized carbons (Fsp3) is 0.538. The van der Waals surface area contributed by atoms with E-state index in [0.717, 1.165) is 24.6 Å². The zero-order chi connectivity index (χ0) is 12.7. The molecule has 0 heterocycles. The van der Waals surface area contributed by atoms with Gasteiger partial charge in [0.2, 0.25) is 0 Å². The van der Waals surface area contributed by atoms with Crippen LogP contribution in [0.1, 0.15) is 18.0 Å². The maximum atomic E-state index is 5.88. The summed E-state index contributed by atoms with van der Waals surface area (Å²) in [6.45, 7) is 2.35. The van der Waals surface area contributed by atoms with Gasteiger partial charge in [-0.2, -0.15) is 0 Å². The van der Waals surface area contributed by atoms with Crippen LogP contribution < -0.4 is 5.73 Å². The third-order valence-electron chi connectivity index (χ3n) is 2.87. The van der Waals surface area contributed by atoms with E-state index in [0.29, 0.717) is 6.54 Å². The Balaban J connectivity index is 2.60. The number of halogens is 1. The van der Waals surface area contributed by atoms with Gasteiger partial charge in [0.05, 0.1) is 0 Å². The van der Waals surface area contributed by atoms with Crippen LogP contribution in [0.3, 0.4) is 0 Å². The zero-order valence-corrected chi connectivity index (χ0v) is 11.3. The molecule has 0 aliphatic heterocycles. The van der Waals surface area contributed by atoms with E-state index in [-0.39, 0.29) is 6.04 Å². The number of rotatable bonds is 7. The third-order valence-corrected chi connectivity index (χ3v) is 3.12. The summed E-state index contributed by atoms with van der Waals surface area (Å²) in [4.78, 5) is 2.25. The summed E-state index contributed by atoms with van der Waals surface area (Å²) in [5.74, 6) is 0. The van der Waals surface area contributed by atoms with Crippen LogP contribution in [0.4, 0.5) is 0 Å². The summed E-state index contributed by atoms with van der Waals surface area (Å²) in [5.41, 5.74) is 7.05. The van der Waals surface area contributed by atoms with Crippen molar-refractivity contribution in [1.82, 2.24) is 4.90 Å². The van der Waals surface area contributed by atoms with Crippen molar-refractivity contribution in [3.8, 4) is 0 Å². The highest BCUT2D eigenvalue weighted by atomic mass is 35.5. The summed E-state index contributed by atoms with van der Waals surface area (Å²) < 4.78 is 5.05. The quantitative estimate of drug-likeness (QED) is 0.761. The van der Waals surface area contributed by atoms with Crippen molar-refractivity contribution in [2.75, 3.05) is 33.9 Å². The molecule has 2 N–H and O–H groups in total. The topological polar surface area (TPSA) is 38.5 Å². The van der Waals surface area contributed by atoms with Crippen LogP contribution in [0, 0.1) is 0 Å². The van der Waals surface area contributed by atoms with Crippen LogP contribution >= 0.6 is 11.6 Å². The number of methoxy groups -OCH3 is 1. The van der Waals surface area contributed by atoms with E-state index in [1.165, 1.54) is 5.56 Å². The molecule has 1 aromatic carbocycles. The van der Waals surface area contributed by atoms with Gasteiger partial charge in [-0.1, -0.05) is 23.7 Å². The zero-order valence-electron chi connectivity index (χ0n) is 10.5. The van der Waals surface area contributed by atoms with Crippen molar-refractivity contribution >= 4 is 11.6 Å². The van der Waals surface area contributed by atoms with Gasteiger partial charge in [0, 0.05) is 37.9 Å². The summed E-state index contributed by atoms with van der Waals surface area (Å²) >= 11 is 5.88. The van der Waals surface area contributed by atoms with Crippen LogP contribution in [0.2, 0.25) is 5.02 Å².